The molecule has 0 aliphatic carbocycles. The molecule has 4 aromatic rings. The van der Waals surface area contributed by atoms with Crippen molar-refractivity contribution in [3.63, 3.8) is 0 Å². The van der Waals surface area contributed by atoms with E-state index in [0.717, 1.165) is 60.8 Å². The number of hydrogen-bond donors (Lipinski definition) is 3. The smallest absolute Gasteiger partial charge is 0.255 e. The SMILES string of the molecule is Cc1ccc(NC(=O)c2ccccc2CN2CCNCC2)cc1Nc1nccc(-c2cccnc2)n1. The molecule has 8 heteroatoms. The molecule has 2 aromatic heterocycles. The maximum absolute atomic E-state index is 13.2. The number of anilines is 3. The van der Waals surface area contributed by atoms with Crippen LogP contribution in [0, 0.1) is 6.92 Å². The molecule has 8 nitrogen and oxygen atoms in total. The van der Waals surface area contributed by atoms with Gasteiger partial charge in [-0.15, -0.1) is 0 Å². The molecule has 0 unspecified atom stereocenters. The Morgan fingerprint density at radius 3 is 2.72 bits per heavy atom. The fourth-order valence-corrected chi connectivity index (χ4v) is 4.24. The quantitative estimate of drug-likeness (QED) is 0.365. The molecule has 1 fully saturated rings. The minimum absolute atomic E-state index is 0.120. The lowest BCUT2D eigenvalue weighted by molar-refractivity contribution is 0.102. The maximum Gasteiger partial charge on any atom is 0.255 e. The number of rotatable bonds is 7. The first-order valence-corrected chi connectivity index (χ1v) is 12.1. The predicted octanol–water partition coefficient (Wildman–Crippen LogP) is 4.25. The first-order valence-electron chi connectivity index (χ1n) is 12.1. The van der Waals surface area contributed by atoms with Crippen LogP contribution in [0.5, 0.6) is 0 Å². The van der Waals surface area contributed by atoms with Crippen LogP contribution in [0.25, 0.3) is 11.3 Å². The van der Waals surface area contributed by atoms with Crippen molar-refractivity contribution in [1.82, 2.24) is 25.2 Å². The number of carbonyl (C=O) groups is 1. The molecule has 1 amide bonds. The van der Waals surface area contributed by atoms with Crippen LogP contribution in [-0.2, 0) is 6.54 Å². The Balaban J connectivity index is 1.32. The van der Waals surface area contributed by atoms with Crippen LogP contribution in [-0.4, -0.2) is 51.9 Å². The summed E-state index contributed by atoms with van der Waals surface area (Å²) in [5.41, 5.74) is 5.96. The molecule has 1 aliphatic heterocycles. The number of piperazine rings is 1. The fraction of sp³-hybridized carbons (Fsp3) is 0.214. The number of amides is 1. The summed E-state index contributed by atoms with van der Waals surface area (Å²) in [6.45, 7) is 6.67. The number of aromatic nitrogens is 3. The lowest BCUT2D eigenvalue weighted by Crippen LogP contribution is -2.43. The fourth-order valence-electron chi connectivity index (χ4n) is 4.24. The van der Waals surface area contributed by atoms with E-state index < -0.39 is 0 Å². The van der Waals surface area contributed by atoms with Gasteiger partial charge in [0.05, 0.1) is 5.69 Å². The van der Waals surface area contributed by atoms with Crippen LogP contribution in [0.4, 0.5) is 17.3 Å². The van der Waals surface area contributed by atoms with Crippen molar-refractivity contribution in [2.45, 2.75) is 13.5 Å². The van der Waals surface area contributed by atoms with Crippen molar-refractivity contribution in [2.75, 3.05) is 36.8 Å². The van der Waals surface area contributed by atoms with E-state index >= 15 is 0 Å². The van der Waals surface area contributed by atoms with Crippen molar-refractivity contribution in [3.8, 4) is 11.3 Å². The molecule has 5 rings (SSSR count). The van der Waals surface area contributed by atoms with Gasteiger partial charge in [-0.1, -0.05) is 24.3 Å². The van der Waals surface area contributed by atoms with Gasteiger partial charge in [-0.25, -0.2) is 9.97 Å². The van der Waals surface area contributed by atoms with Gasteiger partial charge in [0.15, 0.2) is 0 Å². The second-order valence-electron chi connectivity index (χ2n) is 8.80. The summed E-state index contributed by atoms with van der Waals surface area (Å²) < 4.78 is 0. The summed E-state index contributed by atoms with van der Waals surface area (Å²) in [5.74, 6) is 0.356. The molecule has 2 aromatic carbocycles. The van der Waals surface area contributed by atoms with E-state index in [-0.39, 0.29) is 5.91 Å². The van der Waals surface area contributed by atoms with Crippen molar-refractivity contribution in [3.05, 3.63) is 95.9 Å². The zero-order chi connectivity index (χ0) is 24.7. The number of carbonyl (C=O) groups excluding carboxylic acids is 1. The molecule has 0 bridgehead atoms. The lowest BCUT2D eigenvalue weighted by atomic mass is 10.1. The highest BCUT2D eigenvalue weighted by molar-refractivity contribution is 6.05. The van der Waals surface area contributed by atoms with E-state index in [1.165, 1.54) is 0 Å². The third kappa shape index (κ3) is 5.73. The molecule has 1 saturated heterocycles. The van der Waals surface area contributed by atoms with Crippen molar-refractivity contribution in [2.24, 2.45) is 0 Å². The van der Waals surface area contributed by atoms with Gasteiger partial charge in [-0.2, -0.15) is 0 Å². The highest BCUT2D eigenvalue weighted by Gasteiger charge is 2.16. The van der Waals surface area contributed by atoms with Gasteiger partial charge >= 0.3 is 0 Å². The molecule has 3 N–H and O–H groups in total. The van der Waals surface area contributed by atoms with Gasteiger partial charge in [-0.05, 0) is 54.4 Å². The predicted molar refractivity (Wildman–Crippen MR) is 142 cm³/mol. The summed E-state index contributed by atoms with van der Waals surface area (Å²) >= 11 is 0. The second kappa shape index (κ2) is 11.1. The van der Waals surface area contributed by atoms with Crippen LogP contribution in [0.2, 0.25) is 0 Å². The summed E-state index contributed by atoms with van der Waals surface area (Å²) in [5, 5.41) is 9.73. The highest BCUT2D eigenvalue weighted by Crippen LogP contribution is 2.25. The van der Waals surface area contributed by atoms with Crippen LogP contribution in [0.15, 0.2) is 79.3 Å². The standard InChI is InChI=1S/C28H29N7O/c1-20-8-9-23(17-26(20)34-28-31-12-10-25(33-28)21-6-4-11-30-18-21)32-27(36)24-7-3-2-5-22(24)19-35-15-13-29-14-16-35/h2-12,17-18,29H,13-16,19H2,1H3,(H,32,36)(H,31,33,34). The number of hydrogen-bond acceptors (Lipinski definition) is 7. The average Bonchev–Trinajstić information content (AvgIpc) is 2.92. The minimum atomic E-state index is -0.120. The Bertz CT molecular complexity index is 1340. The number of benzene rings is 2. The minimum Gasteiger partial charge on any atom is -0.324 e. The van der Waals surface area contributed by atoms with Crippen LogP contribution in [0.1, 0.15) is 21.5 Å². The molecular weight excluding hydrogens is 450 g/mol. The van der Waals surface area contributed by atoms with Crippen LogP contribution >= 0.6 is 0 Å². The van der Waals surface area contributed by atoms with Gasteiger partial charge in [0.1, 0.15) is 0 Å². The van der Waals surface area contributed by atoms with E-state index in [9.17, 15) is 4.79 Å². The number of nitrogens with zero attached hydrogens (tertiary/aromatic N) is 4. The van der Waals surface area contributed by atoms with Gasteiger partial charge in [0, 0.05) is 73.8 Å². The van der Waals surface area contributed by atoms with Crippen molar-refractivity contribution in [1.29, 1.82) is 0 Å². The number of aryl methyl sites for hydroxylation is 1. The molecule has 0 atom stereocenters. The summed E-state index contributed by atoms with van der Waals surface area (Å²) in [6.07, 6.45) is 5.22. The molecule has 1 aliphatic rings. The normalized spacial score (nSPS) is 13.8. The third-order valence-electron chi connectivity index (χ3n) is 6.22. The van der Waals surface area contributed by atoms with E-state index in [1.54, 1.807) is 18.6 Å². The summed E-state index contributed by atoms with van der Waals surface area (Å²) in [4.78, 5) is 28.8. The Kier molecular flexibility index (Phi) is 7.25. The number of nitrogens with one attached hydrogen (secondary N) is 3. The molecular formula is C28H29N7O. The second-order valence-corrected chi connectivity index (χ2v) is 8.80. The third-order valence-corrected chi connectivity index (χ3v) is 6.22. The van der Waals surface area contributed by atoms with E-state index in [1.807, 2.05) is 67.6 Å². The van der Waals surface area contributed by atoms with Crippen LogP contribution < -0.4 is 16.0 Å². The molecule has 0 spiro atoms. The summed E-state index contributed by atoms with van der Waals surface area (Å²) in [7, 11) is 0. The number of pyridine rings is 1. The van der Waals surface area contributed by atoms with Gasteiger partial charge in [0.25, 0.3) is 5.91 Å². The molecule has 3 heterocycles. The monoisotopic (exact) mass is 479 g/mol. The van der Waals surface area contributed by atoms with Gasteiger partial charge < -0.3 is 16.0 Å². The van der Waals surface area contributed by atoms with Gasteiger partial charge in [-0.3, -0.25) is 14.7 Å². The van der Waals surface area contributed by atoms with E-state index in [4.69, 9.17) is 0 Å². The Morgan fingerprint density at radius 2 is 1.89 bits per heavy atom. The first-order chi connectivity index (χ1) is 17.7. The molecule has 0 radical (unpaired) electrons. The molecule has 0 saturated carbocycles. The van der Waals surface area contributed by atoms with Crippen molar-refractivity contribution < 1.29 is 4.79 Å². The maximum atomic E-state index is 13.2. The van der Waals surface area contributed by atoms with E-state index in [0.29, 0.717) is 17.2 Å². The zero-order valence-electron chi connectivity index (χ0n) is 20.2. The topological polar surface area (TPSA) is 95.1 Å². The molecule has 182 valence electrons. The molecule has 36 heavy (non-hydrogen) atoms. The summed E-state index contributed by atoms with van der Waals surface area (Å²) in [6, 6.07) is 19.3. The Labute approximate surface area is 210 Å². The zero-order valence-corrected chi connectivity index (χ0v) is 20.2. The highest BCUT2D eigenvalue weighted by atomic mass is 16.1. The van der Waals surface area contributed by atoms with Crippen molar-refractivity contribution >= 4 is 23.2 Å². The Morgan fingerprint density at radius 1 is 1.03 bits per heavy atom. The van der Waals surface area contributed by atoms with E-state index in [2.05, 4.69) is 35.8 Å². The van der Waals surface area contributed by atoms with Crippen LogP contribution in [0.3, 0.4) is 0 Å². The van der Waals surface area contributed by atoms with Gasteiger partial charge in [0.2, 0.25) is 5.95 Å². The first kappa shape index (κ1) is 23.6. The largest absolute Gasteiger partial charge is 0.324 e. The lowest BCUT2D eigenvalue weighted by Gasteiger charge is -2.27. The average molecular weight is 480 g/mol. The Hall–Kier alpha value is -4.14.